The minimum atomic E-state index is 0.765. The summed E-state index contributed by atoms with van der Waals surface area (Å²) < 4.78 is 2.06. The van der Waals surface area contributed by atoms with Crippen molar-refractivity contribution in [3.05, 3.63) is 77.7 Å². The maximum absolute atomic E-state index is 5.99. The first-order valence-electron chi connectivity index (χ1n) is 6.13. The molecule has 2 nitrogen and oxygen atoms in total. The van der Waals surface area contributed by atoms with Gasteiger partial charge in [-0.3, -0.25) is 0 Å². The summed E-state index contributed by atoms with van der Waals surface area (Å²) in [5.41, 5.74) is 3.29. The first-order valence-corrected chi connectivity index (χ1v) is 6.51. The number of hydrogen-bond acceptors (Lipinski definition) is 1. The third-order valence-electron chi connectivity index (χ3n) is 2.96. The van der Waals surface area contributed by atoms with Gasteiger partial charge in [-0.25, -0.2) is 4.98 Å². The average molecular weight is 269 g/mol. The highest BCUT2D eigenvalue weighted by Gasteiger charge is 2.02. The van der Waals surface area contributed by atoms with E-state index in [4.69, 9.17) is 11.6 Å². The lowest BCUT2D eigenvalue weighted by Gasteiger charge is -2.02. The Morgan fingerprint density at radius 1 is 1.00 bits per heavy atom. The summed E-state index contributed by atoms with van der Waals surface area (Å²) in [6.45, 7) is 0.778. The molecule has 3 heteroatoms. The molecule has 0 aliphatic rings. The quantitative estimate of drug-likeness (QED) is 0.694. The average Bonchev–Trinajstić information content (AvgIpc) is 2.88. The summed E-state index contributed by atoms with van der Waals surface area (Å²) in [7, 11) is 0. The van der Waals surface area contributed by atoms with E-state index in [9.17, 15) is 0 Å². The third-order valence-corrected chi connectivity index (χ3v) is 3.19. The van der Waals surface area contributed by atoms with Crippen LogP contribution in [0.4, 0.5) is 0 Å². The number of hydrogen-bond donors (Lipinski definition) is 0. The molecule has 0 saturated carbocycles. The zero-order valence-corrected chi connectivity index (χ0v) is 11.1. The van der Waals surface area contributed by atoms with Crippen LogP contribution in [0.1, 0.15) is 5.56 Å². The van der Waals surface area contributed by atoms with Gasteiger partial charge in [0.1, 0.15) is 0 Å². The minimum absolute atomic E-state index is 0.765. The van der Waals surface area contributed by atoms with Crippen LogP contribution in [-0.4, -0.2) is 9.55 Å². The monoisotopic (exact) mass is 268 g/mol. The summed E-state index contributed by atoms with van der Waals surface area (Å²) in [6, 6.07) is 18.1. The largest absolute Gasteiger partial charge is 0.332 e. The lowest BCUT2D eigenvalue weighted by Crippen LogP contribution is -1.95. The van der Waals surface area contributed by atoms with E-state index >= 15 is 0 Å². The molecule has 0 bridgehead atoms. The van der Waals surface area contributed by atoms with E-state index < -0.39 is 0 Å². The standard InChI is InChI=1S/C16H13ClN2/c17-15-8-4-5-13(9-15)10-19-11-16(18-12-19)14-6-2-1-3-7-14/h1-9,11-12H,10H2. The molecule has 3 aromatic rings. The van der Waals surface area contributed by atoms with Gasteiger partial charge in [-0.05, 0) is 17.7 Å². The summed E-state index contributed by atoms with van der Waals surface area (Å²) in [5.74, 6) is 0. The van der Waals surface area contributed by atoms with Crippen molar-refractivity contribution < 1.29 is 0 Å². The fourth-order valence-electron chi connectivity index (χ4n) is 2.05. The molecule has 0 aliphatic heterocycles. The Labute approximate surface area is 117 Å². The van der Waals surface area contributed by atoms with Crippen LogP contribution in [0.15, 0.2) is 67.1 Å². The van der Waals surface area contributed by atoms with Gasteiger partial charge in [0, 0.05) is 23.3 Å². The second-order valence-electron chi connectivity index (χ2n) is 4.43. The summed E-state index contributed by atoms with van der Waals surface area (Å²) >= 11 is 5.99. The molecule has 0 spiro atoms. The Kier molecular flexibility index (Phi) is 3.34. The van der Waals surface area contributed by atoms with E-state index in [1.165, 1.54) is 5.56 Å². The van der Waals surface area contributed by atoms with Crippen LogP contribution in [0.2, 0.25) is 5.02 Å². The lowest BCUT2D eigenvalue weighted by atomic mass is 10.2. The summed E-state index contributed by atoms with van der Waals surface area (Å²) in [6.07, 6.45) is 3.90. The molecule has 0 N–H and O–H groups in total. The van der Waals surface area contributed by atoms with Crippen LogP contribution in [0.3, 0.4) is 0 Å². The first kappa shape index (κ1) is 12.0. The normalized spacial score (nSPS) is 10.6. The molecule has 19 heavy (non-hydrogen) atoms. The molecule has 0 saturated heterocycles. The van der Waals surface area contributed by atoms with Crippen LogP contribution in [0, 0.1) is 0 Å². The highest BCUT2D eigenvalue weighted by atomic mass is 35.5. The number of aromatic nitrogens is 2. The summed E-state index contributed by atoms with van der Waals surface area (Å²) in [5, 5.41) is 0.765. The Morgan fingerprint density at radius 3 is 2.63 bits per heavy atom. The van der Waals surface area contributed by atoms with E-state index in [-0.39, 0.29) is 0 Å². The van der Waals surface area contributed by atoms with E-state index in [0.717, 1.165) is 22.8 Å². The zero-order chi connectivity index (χ0) is 13.1. The van der Waals surface area contributed by atoms with Gasteiger partial charge in [0.15, 0.2) is 0 Å². The van der Waals surface area contributed by atoms with E-state index in [2.05, 4.69) is 33.9 Å². The number of benzene rings is 2. The van der Waals surface area contributed by atoms with Gasteiger partial charge in [0.25, 0.3) is 0 Å². The van der Waals surface area contributed by atoms with E-state index in [1.54, 1.807) is 0 Å². The number of imidazole rings is 1. The number of nitrogens with zero attached hydrogens (tertiary/aromatic N) is 2. The van der Waals surface area contributed by atoms with Crippen molar-refractivity contribution in [1.82, 2.24) is 9.55 Å². The molecule has 0 atom stereocenters. The highest BCUT2D eigenvalue weighted by Crippen LogP contribution is 2.17. The topological polar surface area (TPSA) is 17.8 Å². The fourth-order valence-corrected chi connectivity index (χ4v) is 2.26. The molecule has 3 rings (SSSR count). The predicted molar refractivity (Wildman–Crippen MR) is 78.2 cm³/mol. The highest BCUT2D eigenvalue weighted by molar-refractivity contribution is 6.30. The fraction of sp³-hybridized carbons (Fsp3) is 0.0625. The molecule has 1 aromatic heterocycles. The molecule has 0 radical (unpaired) electrons. The van der Waals surface area contributed by atoms with Crippen molar-refractivity contribution in [2.24, 2.45) is 0 Å². The molecule has 94 valence electrons. The summed E-state index contributed by atoms with van der Waals surface area (Å²) in [4.78, 5) is 4.44. The zero-order valence-electron chi connectivity index (χ0n) is 10.3. The maximum atomic E-state index is 5.99. The minimum Gasteiger partial charge on any atom is -0.332 e. The van der Waals surface area contributed by atoms with Crippen molar-refractivity contribution in [3.8, 4) is 11.3 Å². The van der Waals surface area contributed by atoms with Gasteiger partial charge in [-0.2, -0.15) is 0 Å². The van der Waals surface area contributed by atoms with Crippen molar-refractivity contribution in [1.29, 1.82) is 0 Å². The smallest absolute Gasteiger partial charge is 0.0956 e. The Hall–Kier alpha value is -2.06. The molecular formula is C16H13ClN2. The molecule has 2 aromatic carbocycles. The lowest BCUT2D eigenvalue weighted by molar-refractivity contribution is 0.797. The van der Waals surface area contributed by atoms with Crippen LogP contribution in [-0.2, 0) is 6.54 Å². The van der Waals surface area contributed by atoms with Crippen molar-refractivity contribution in [2.45, 2.75) is 6.54 Å². The van der Waals surface area contributed by atoms with Gasteiger partial charge in [0.2, 0.25) is 0 Å². The third kappa shape index (κ3) is 2.85. The Bertz CT molecular complexity index is 674. The second kappa shape index (κ2) is 5.29. The second-order valence-corrected chi connectivity index (χ2v) is 4.86. The van der Waals surface area contributed by atoms with Crippen LogP contribution < -0.4 is 0 Å². The predicted octanol–water partition coefficient (Wildman–Crippen LogP) is 4.25. The Balaban J connectivity index is 1.82. The van der Waals surface area contributed by atoms with Crippen molar-refractivity contribution >= 4 is 11.6 Å². The van der Waals surface area contributed by atoms with Crippen LogP contribution >= 0.6 is 11.6 Å². The van der Waals surface area contributed by atoms with E-state index in [1.807, 2.05) is 42.7 Å². The van der Waals surface area contributed by atoms with Gasteiger partial charge in [-0.15, -0.1) is 0 Å². The van der Waals surface area contributed by atoms with Gasteiger partial charge < -0.3 is 4.57 Å². The van der Waals surface area contributed by atoms with Gasteiger partial charge in [-0.1, -0.05) is 54.1 Å². The van der Waals surface area contributed by atoms with Crippen LogP contribution in [0.25, 0.3) is 11.3 Å². The maximum Gasteiger partial charge on any atom is 0.0956 e. The number of rotatable bonds is 3. The van der Waals surface area contributed by atoms with Gasteiger partial charge >= 0.3 is 0 Å². The molecule has 0 amide bonds. The first-order chi connectivity index (χ1) is 9.31. The van der Waals surface area contributed by atoms with Crippen molar-refractivity contribution in [3.63, 3.8) is 0 Å². The molecule has 0 fully saturated rings. The SMILES string of the molecule is Clc1cccc(Cn2cnc(-c3ccccc3)c2)c1. The van der Waals surface area contributed by atoms with Crippen molar-refractivity contribution in [2.75, 3.05) is 0 Å². The molecule has 1 heterocycles. The molecular weight excluding hydrogens is 256 g/mol. The molecule has 0 aliphatic carbocycles. The number of halogens is 1. The molecule has 0 unspecified atom stereocenters. The van der Waals surface area contributed by atoms with Gasteiger partial charge in [0.05, 0.1) is 12.0 Å². The Morgan fingerprint density at radius 2 is 1.84 bits per heavy atom. The van der Waals surface area contributed by atoms with E-state index in [0.29, 0.717) is 0 Å². The van der Waals surface area contributed by atoms with Crippen LogP contribution in [0.5, 0.6) is 0 Å².